The normalized spacial score (nSPS) is 14.5. The first-order valence-electron chi connectivity index (χ1n) is 8.97. The molecule has 7 nitrogen and oxygen atoms in total. The van der Waals surface area contributed by atoms with E-state index in [1.54, 1.807) is 17.0 Å². The summed E-state index contributed by atoms with van der Waals surface area (Å²) in [5.41, 5.74) is 0.659. The lowest BCUT2D eigenvalue weighted by Crippen LogP contribution is -2.41. The Labute approximate surface area is 167 Å². The third-order valence-corrected chi connectivity index (χ3v) is 5.55. The van der Waals surface area contributed by atoms with Gasteiger partial charge in [0, 0.05) is 35.7 Å². The molecule has 146 valence electrons. The second-order valence-corrected chi connectivity index (χ2v) is 7.44. The molecule has 0 bridgehead atoms. The highest BCUT2D eigenvalue weighted by Gasteiger charge is 2.31. The number of nitrogens with zero attached hydrogens (tertiary/aromatic N) is 2. The number of thioether (sulfide) groups is 1. The van der Waals surface area contributed by atoms with Gasteiger partial charge in [-0.1, -0.05) is 18.2 Å². The smallest absolute Gasteiger partial charge is 0.282 e. The number of benzene rings is 2. The zero-order valence-corrected chi connectivity index (χ0v) is 16.3. The van der Waals surface area contributed by atoms with Crippen molar-refractivity contribution in [3.63, 3.8) is 0 Å². The van der Waals surface area contributed by atoms with Gasteiger partial charge in [-0.3, -0.25) is 19.7 Å². The number of anilines is 1. The van der Waals surface area contributed by atoms with Gasteiger partial charge in [0.1, 0.15) is 5.56 Å². The summed E-state index contributed by atoms with van der Waals surface area (Å²) in [5, 5.41) is 14.2. The van der Waals surface area contributed by atoms with Gasteiger partial charge < -0.3 is 10.2 Å². The number of carbonyl (C=O) groups excluding carboxylic acids is 2. The van der Waals surface area contributed by atoms with E-state index in [-0.39, 0.29) is 29.0 Å². The Morgan fingerprint density at radius 3 is 2.43 bits per heavy atom. The van der Waals surface area contributed by atoms with E-state index in [4.69, 9.17) is 0 Å². The maximum Gasteiger partial charge on any atom is 0.282 e. The van der Waals surface area contributed by atoms with Crippen LogP contribution in [0.2, 0.25) is 0 Å². The number of rotatable bonds is 5. The van der Waals surface area contributed by atoms with Crippen molar-refractivity contribution in [3.05, 3.63) is 64.2 Å². The fourth-order valence-electron chi connectivity index (χ4n) is 3.25. The second-order valence-electron chi connectivity index (χ2n) is 6.56. The topological polar surface area (TPSA) is 92.6 Å². The predicted octanol–water partition coefficient (Wildman–Crippen LogP) is 3.81. The fraction of sp³-hybridized carbons (Fsp3) is 0.300. The first-order valence-corrected chi connectivity index (χ1v) is 10.2. The number of carbonyl (C=O) groups is 2. The maximum atomic E-state index is 12.9. The molecule has 0 unspecified atom stereocenters. The SMILES string of the molecule is CSc1ccc([N+](=O)[O-])c(C(=O)N2CCC(C(=O)Nc3ccccc3)CC2)c1. The molecule has 1 saturated heterocycles. The number of nitro groups is 1. The summed E-state index contributed by atoms with van der Waals surface area (Å²) in [6.45, 7) is 0.790. The van der Waals surface area contributed by atoms with Gasteiger partial charge in [0.05, 0.1) is 4.92 Å². The van der Waals surface area contributed by atoms with E-state index in [0.717, 1.165) is 10.6 Å². The van der Waals surface area contributed by atoms with Gasteiger partial charge in [-0.25, -0.2) is 0 Å². The molecule has 2 aromatic rings. The van der Waals surface area contributed by atoms with E-state index < -0.39 is 4.92 Å². The van der Waals surface area contributed by atoms with Crippen LogP contribution in [0, 0.1) is 16.0 Å². The lowest BCUT2D eigenvalue weighted by molar-refractivity contribution is -0.385. The molecule has 0 saturated carbocycles. The Hall–Kier alpha value is -2.87. The molecular formula is C20H21N3O4S. The summed E-state index contributed by atoms with van der Waals surface area (Å²) in [6.07, 6.45) is 2.91. The van der Waals surface area contributed by atoms with E-state index in [9.17, 15) is 19.7 Å². The van der Waals surface area contributed by atoms with Crippen LogP contribution in [-0.4, -0.2) is 41.0 Å². The van der Waals surface area contributed by atoms with Crippen LogP contribution in [0.15, 0.2) is 53.4 Å². The molecule has 28 heavy (non-hydrogen) atoms. The number of nitro benzene ring substituents is 1. The molecule has 1 heterocycles. The molecular weight excluding hydrogens is 378 g/mol. The van der Waals surface area contributed by atoms with Crippen molar-refractivity contribution in [3.8, 4) is 0 Å². The summed E-state index contributed by atoms with van der Waals surface area (Å²) < 4.78 is 0. The highest BCUT2D eigenvalue weighted by molar-refractivity contribution is 7.98. The minimum atomic E-state index is -0.530. The monoisotopic (exact) mass is 399 g/mol. The Bertz CT molecular complexity index is 880. The van der Waals surface area contributed by atoms with Crippen molar-refractivity contribution in [1.29, 1.82) is 0 Å². The van der Waals surface area contributed by atoms with Crippen LogP contribution in [0.25, 0.3) is 0 Å². The van der Waals surface area contributed by atoms with Crippen molar-refractivity contribution in [2.45, 2.75) is 17.7 Å². The Morgan fingerprint density at radius 1 is 1.14 bits per heavy atom. The third-order valence-electron chi connectivity index (χ3n) is 4.83. The minimum Gasteiger partial charge on any atom is -0.338 e. The van der Waals surface area contributed by atoms with Crippen LogP contribution in [0.4, 0.5) is 11.4 Å². The highest BCUT2D eigenvalue weighted by Crippen LogP contribution is 2.28. The molecule has 1 aliphatic heterocycles. The average Bonchev–Trinajstić information content (AvgIpc) is 2.73. The Kier molecular flexibility index (Phi) is 6.30. The molecule has 0 atom stereocenters. The van der Waals surface area contributed by atoms with Crippen molar-refractivity contribution in [2.75, 3.05) is 24.7 Å². The molecule has 1 N–H and O–H groups in total. The number of hydrogen-bond acceptors (Lipinski definition) is 5. The van der Waals surface area contributed by atoms with E-state index in [1.165, 1.54) is 17.8 Å². The number of hydrogen-bond donors (Lipinski definition) is 1. The van der Waals surface area contributed by atoms with Crippen LogP contribution in [-0.2, 0) is 4.79 Å². The van der Waals surface area contributed by atoms with Crippen LogP contribution in [0.1, 0.15) is 23.2 Å². The molecule has 0 spiro atoms. The van der Waals surface area contributed by atoms with Crippen molar-refractivity contribution in [2.24, 2.45) is 5.92 Å². The van der Waals surface area contributed by atoms with Crippen molar-refractivity contribution < 1.29 is 14.5 Å². The first kappa shape index (κ1) is 19.9. The summed E-state index contributed by atoms with van der Waals surface area (Å²) >= 11 is 1.43. The minimum absolute atomic E-state index is 0.0614. The zero-order chi connectivity index (χ0) is 20.1. The van der Waals surface area contributed by atoms with Gasteiger partial charge in [0.15, 0.2) is 0 Å². The van der Waals surface area contributed by atoms with E-state index in [1.807, 2.05) is 36.6 Å². The highest BCUT2D eigenvalue weighted by atomic mass is 32.2. The Morgan fingerprint density at radius 2 is 1.82 bits per heavy atom. The summed E-state index contributed by atoms with van der Waals surface area (Å²) in [6, 6.07) is 13.8. The van der Waals surface area contributed by atoms with Crippen LogP contribution in [0.5, 0.6) is 0 Å². The number of piperidine rings is 1. The van der Waals surface area contributed by atoms with Gasteiger partial charge in [0.25, 0.3) is 11.6 Å². The molecule has 8 heteroatoms. The van der Waals surface area contributed by atoms with E-state index in [2.05, 4.69) is 5.32 Å². The van der Waals surface area contributed by atoms with E-state index in [0.29, 0.717) is 25.9 Å². The summed E-state index contributed by atoms with van der Waals surface area (Å²) in [5.74, 6) is -0.602. The molecule has 1 fully saturated rings. The largest absolute Gasteiger partial charge is 0.338 e. The molecule has 2 amide bonds. The fourth-order valence-corrected chi connectivity index (χ4v) is 3.69. The average molecular weight is 399 g/mol. The van der Waals surface area contributed by atoms with Crippen molar-refractivity contribution >= 4 is 35.0 Å². The van der Waals surface area contributed by atoms with E-state index >= 15 is 0 Å². The Balaban J connectivity index is 1.65. The molecule has 0 aliphatic carbocycles. The van der Waals surface area contributed by atoms with Crippen LogP contribution in [0.3, 0.4) is 0 Å². The summed E-state index contributed by atoms with van der Waals surface area (Å²) in [4.78, 5) is 38.5. The van der Waals surface area contributed by atoms with Crippen LogP contribution < -0.4 is 5.32 Å². The number of nitrogens with one attached hydrogen (secondary N) is 1. The molecule has 2 aromatic carbocycles. The molecule has 0 aromatic heterocycles. The number of para-hydroxylation sites is 1. The molecule has 3 rings (SSSR count). The predicted molar refractivity (Wildman–Crippen MR) is 109 cm³/mol. The standard InChI is InChI=1S/C20H21N3O4S/c1-28-16-7-8-18(23(26)27)17(13-16)20(25)22-11-9-14(10-12-22)19(24)21-15-5-3-2-4-6-15/h2-8,13-14H,9-12H2,1H3,(H,21,24). The zero-order valence-electron chi connectivity index (χ0n) is 15.5. The third kappa shape index (κ3) is 4.51. The lowest BCUT2D eigenvalue weighted by Gasteiger charge is -2.31. The number of likely N-dealkylation sites (tertiary alicyclic amines) is 1. The second kappa shape index (κ2) is 8.88. The van der Waals surface area contributed by atoms with Gasteiger partial charge in [0.2, 0.25) is 5.91 Å². The summed E-state index contributed by atoms with van der Waals surface area (Å²) in [7, 11) is 0. The molecule has 1 aliphatic rings. The van der Waals surface area contributed by atoms with Crippen molar-refractivity contribution in [1.82, 2.24) is 4.90 Å². The van der Waals surface area contributed by atoms with Gasteiger partial charge >= 0.3 is 0 Å². The number of amides is 2. The first-order chi connectivity index (χ1) is 13.5. The van der Waals surface area contributed by atoms with Gasteiger partial charge in [-0.2, -0.15) is 0 Å². The lowest BCUT2D eigenvalue weighted by atomic mass is 9.95. The molecule has 0 radical (unpaired) electrons. The van der Waals surface area contributed by atoms with Gasteiger partial charge in [-0.05, 0) is 43.4 Å². The van der Waals surface area contributed by atoms with Gasteiger partial charge in [-0.15, -0.1) is 11.8 Å². The maximum absolute atomic E-state index is 12.9. The van der Waals surface area contributed by atoms with Crippen LogP contribution >= 0.6 is 11.8 Å². The quantitative estimate of drug-likeness (QED) is 0.469.